The zero-order valence-corrected chi connectivity index (χ0v) is 10.6. The molecule has 1 amide bonds. The normalized spacial score (nSPS) is 10.8. The summed E-state index contributed by atoms with van der Waals surface area (Å²) in [6.45, 7) is 5.15. The van der Waals surface area contributed by atoms with Crippen LogP contribution in [0.5, 0.6) is 0 Å². The maximum Gasteiger partial charge on any atom is 0.273 e. The number of hydrogen-bond acceptors (Lipinski definition) is 4. The van der Waals surface area contributed by atoms with E-state index < -0.39 is 0 Å². The fraction of sp³-hybridized carbons (Fsp3) is 0.636. The molecule has 0 bridgehead atoms. The number of anilines is 1. The van der Waals surface area contributed by atoms with Gasteiger partial charge in [-0.25, -0.2) is 0 Å². The molecule has 0 spiro atoms. The first-order chi connectivity index (χ1) is 8.00. The Hall–Kier alpha value is -1.56. The van der Waals surface area contributed by atoms with Crippen LogP contribution in [0.25, 0.3) is 0 Å². The molecule has 0 aliphatic heterocycles. The molecular formula is C11H20N4O2. The summed E-state index contributed by atoms with van der Waals surface area (Å²) in [7, 11) is 1.73. The van der Waals surface area contributed by atoms with Crippen LogP contribution in [0, 0.1) is 0 Å². The van der Waals surface area contributed by atoms with Gasteiger partial charge in [-0.05, 0) is 20.3 Å². The number of aryl methyl sites for hydroxylation is 1. The molecule has 96 valence electrons. The number of aromatic nitrogens is 2. The Labute approximate surface area is 101 Å². The summed E-state index contributed by atoms with van der Waals surface area (Å²) in [5, 5.41) is 6.74. The highest BCUT2D eigenvalue weighted by Crippen LogP contribution is 2.07. The Morgan fingerprint density at radius 1 is 1.65 bits per heavy atom. The molecule has 6 nitrogen and oxygen atoms in total. The lowest BCUT2D eigenvalue weighted by Crippen LogP contribution is -2.26. The van der Waals surface area contributed by atoms with E-state index in [1.807, 2.05) is 13.8 Å². The molecular weight excluding hydrogens is 220 g/mol. The lowest BCUT2D eigenvalue weighted by Gasteiger charge is -2.07. The molecule has 17 heavy (non-hydrogen) atoms. The van der Waals surface area contributed by atoms with E-state index in [0.717, 1.165) is 6.42 Å². The fourth-order valence-electron chi connectivity index (χ4n) is 1.36. The quantitative estimate of drug-likeness (QED) is 0.711. The van der Waals surface area contributed by atoms with Crippen LogP contribution in [0.2, 0.25) is 0 Å². The Morgan fingerprint density at radius 3 is 2.88 bits per heavy atom. The number of amides is 1. The second kappa shape index (κ2) is 6.24. The second-order valence-corrected chi connectivity index (χ2v) is 4.14. The topological polar surface area (TPSA) is 82.2 Å². The van der Waals surface area contributed by atoms with Crippen LogP contribution in [0.4, 0.5) is 5.69 Å². The van der Waals surface area contributed by atoms with Gasteiger partial charge in [-0.15, -0.1) is 0 Å². The van der Waals surface area contributed by atoms with E-state index in [-0.39, 0.29) is 17.7 Å². The van der Waals surface area contributed by atoms with Gasteiger partial charge in [0.2, 0.25) is 0 Å². The van der Waals surface area contributed by atoms with Crippen molar-refractivity contribution in [2.45, 2.75) is 26.4 Å². The minimum atomic E-state index is -0.243. The van der Waals surface area contributed by atoms with Crippen molar-refractivity contribution in [2.24, 2.45) is 7.05 Å². The summed E-state index contributed by atoms with van der Waals surface area (Å²) >= 11 is 0. The van der Waals surface area contributed by atoms with Gasteiger partial charge < -0.3 is 15.8 Å². The number of hydrogen-bond donors (Lipinski definition) is 2. The average molecular weight is 240 g/mol. The van der Waals surface area contributed by atoms with Crippen molar-refractivity contribution in [3.8, 4) is 0 Å². The molecule has 1 aromatic heterocycles. The first kappa shape index (κ1) is 13.5. The third-order valence-electron chi connectivity index (χ3n) is 2.13. The van der Waals surface area contributed by atoms with Crippen LogP contribution in [0.1, 0.15) is 30.8 Å². The van der Waals surface area contributed by atoms with Crippen LogP contribution < -0.4 is 11.1 Å². The molecule has 0 atom stereocenters. The van der Waals surface area contributed by atoms with Gasteiger partial charge in [0.05, 0.1) is 11.8 Å². The van der Waals surface area contributed by atoms with Crippen molar-refractivity contribution >= 4 is 11.6 Å². The SMILES string of the molecule is CC(C)OCCCNC(=O)c1nn(C)cc1N. The van der Waals surface area contributed by atoms with E-state index in [9.17, 15) is 4.79 Å². The molecule has 0 aliphatic carbocycles. The van der Waals surface area contributed by atoms with Gasteiger partial charge in [-0.2, -0.15) is 5.10 Å². The zero-order chi connectivity index (χ0) is 12.8. The first-order valence-electron chi connectivity index (χ1n) is 5.69. The lowest BCUT2D eigenvalue weighted by molar-refractivity contribution is 0.0756. The van der Waals surface area contributed by atoms with E-state index in [1.54, 1.807) is 13.2 Å². The highest BCUT2D eigenvalue weighted by molar-refractivity contribution is 5.96. The molecule has 0 unspecified atom stereocenters. The molecule has 0 fully saturated rings. The minimum absolute atomic E-state index is 0.220. The van der Waals surface area contributed by atoms with Crippen LogP contribution in [-0.2, 0) is 11.8 Å². The smallest absolute Gasteiger partial charge is 0.273 e. The maximum absolute atomic E-state index is 11.7. The molecule has 0 radical (unpaired) electrons. The van der Waals surface area contributed by atoms with E-state index in [4.69, 9.17) is 10.5 Å². The molecule has 1 rings (SSSR count). The van der Waals surface area contributed by atoms with Gasteiger partial charge in [-0.3, -0.25) is 9.48 Å². The predicted octanol–water partition coefficient (Wildman–Crippen LogP) is 0.547. The van der Waals surface area contributed by atoms with Crippen LogP contribution in [-0.4, -0.2) is 34.9 Å². The van der Waals surface area contributed by atoms with Gasteiger partial charge >= 0.3 is 0 Å². The number of nitrogens with one attached hydrogen (secondary N) is 1. The Bertz CT molecular complexity index is 374. The van der Waals surface area contributed by atoms with Crippen molar-refractivity contribution in [2.75, 3.05) is 18.9 Å². The van der Waals surface area contributed by atoms with Gasteiger partial charge in [-0.1, -0.05) is 0 Å². The Kier molecular flexibility index (Phi) is 4.96. The molecule has 0 aliphatic rings. The summed E-state index contributed by atoms with van der Waals surface area (Å²) in [6, 6.07) is 0. The van der Waals surface area contributed by atoms with E-state index >= 15 is 0 Å². The molecule has 0 saturated heterocycles. The molecule has 3 N–H and O–H groups in total. The van der Waals surface area contributed by atoms with Crippen LogP contribution in [0.15, 0.2) is 6.20 Å². The third-order valence-corrected chi connectivity index (χ3v) is 2.13. The number of nitrogens with zero attached hydrogens (tertiary/aromatic N) is 2. The third kappa shape index (κ3) is 4.44. The largest absolute Gasteiger partial charge is 0.396 e. The maximum atomic E-state index is 11.7. The second-order valence-electron chi connectivity index (χ2n) is 4.14. The van der Waals surface area contributed by atoms with E-state index in [0.29, 0.717) is 18.8 Å². The number of rotatable bonds is 6. The standard InChI is InChI=1S/C11H20N4O2/c1-8(2)17-6-4-5-13-11(16)10-9(12)7-15(3)14-10/h7-8H,4-6,12H2,1-3H3,(H,13,16). The minimum Gasteiger partial charge on any atom is -0.396 e. The number of carbonyl (C=O) groups is 1. The summed E-state index contributed by atoms with van der Waals surface area (Å²) < 4.78 is 6.88. The van der Waals surface area contributed by atoms with Gasteiger partial charge in [0.15, 0.2) is 5.69 Å². The van der Waals surface area contributed by atoms with Crippen molar-refractivity contribution in [3.05, 3.63) is 11.9 Å². The van der Waals surface area contributed by atoms with E-state index in [2.05, 4.69) is 10.4 Å². The van der Waals surface area contributed by atoms with Crippen molar-refractivity contribution in [1.82, 2.24) is 15.1 Å². The Morgan fingerprint density at radius 2 is 2.35 bits per heavy atom. The summed E-state index contributed by atoms with van der Waals surface area (Å²) in [4.78, 5) is 11.7. The fourth-order valence-corrected chi connectivity index (χ4v) is 1.36. The number of ether oxygens (including phenoxy) is 1. The average Bonchev–Trinajstić information content (AvgIpc) is 2.56. The zero-order valence-electron chi connectivity index (χ0n) is 10.6. The summed E-state index contributed by atoms with van der Waals surface area (Å²) in [6.07, 6.45) is 2.60. The van der Waals surface area contributed by atoms with Gasteiger partial charge in [0.1, 0.15) is 0 Å². The first-order valence-corrected chi connectivity index (χ1v) is 5.69. The van der Waals surface area contributed by atoms with Crippen molar-refractivity contribution in [1.29, 1.82) is 0 Å². The Balaban J connectivity index is 2.28. The number of carbonyl (C=O) groups excluding carboxylic acids is 1. The molecule has 0 aromatic carbocycles. The summed E-state index contributed by atoms with van der Waals surface area (Å²) in [5.41, 5.74) is 6.31. The van der Waals surface area contributed by atoms with Crippen molar-refractivity contribution < 1.29 is 9.53 Å². The van der Waals surface area contributed by atoms with Crippen LogP contribution >= 0.6 is 0 Å². The monoisotopic (exact) mass is 240 g/mol. The highest BCUT2D eigenvalue weighted by Gasteiger charge is 2.12. The predicted molar refractivity (Wildman–Crippen MR) is 65.7 cm³/mol. The van der Waals surface area contributed by atoms with Gasteiger partial charge in [0.25, 0.3) is 5.91 Å². The summed E-state index contributed by atoms with van der Waals surface area (Å²) in [5.74, 6) is -0.243. The number of nitrogen functional groups attached to an aromatic ring is 1. The molecule has 1 aromatic rings. The highest BCUT2D eigenvalue weighted by atomic mass is 16.5. The lowest BCUT2D eigenvalue weighted by atomic mass is 10.3. The van der Waals surface area contributed by atoms with E-state index in [1.165, 1.54) is 4.68 Å². The molecule has 6 heteroatoms. The van der Waals surface area contributed by atoms with Crippen molar-refractivity contribution in [3.63, 3.8) is 0 Å². The molecule has 0 saturated carbocycles. The van der Waals surface area contributed by atoms with Gasteiger partial charge in [0, 0.05) is 26.4 Å². The van der Waals surface area contributed by atoms with Crippen LogP contribution in [0.3, 0.4) is 0 Å². The molecule has 1 heterocycles. The number of nitrogens with two attached hydrogens (primary N) is 1.